The van der Waals surface area contributed by atoms with Gasteiger partial charge in [0.05, 0.1) is 11.2 Å². The summed E-state index contributed by atoms with van der Waals surface area (Å²) in [6, 6.07) is 3.19. The predicted octanol–water partition coefficient (Wildman–Crippen LogP) is 3.29. The first-order valence-electron chi connectivity index (χ1n) is 7.02. The van der Waals surface area contributed by atoms with Crippen molar-refractivity contribution in [1.82, 2.24) is 4.90 Å². The van der Waals surface area contributed by atoms with Crippen LogP contribution in [-0.4, -0.2) is 29.1 Å². The Balaban J connectivity index is 1.92. The highest BCUT2D eigenvalue weighted by Gasteiger charge is 2.47. The van der Waals surface area contributed by atoms with Gasteiger partial charge in [0.15, 0.2) is 0 Å². The zero-order valence-corrected chi connectivity index (χ0v) is 11.6. The van der Waals surface area contributed by atoms with E-state index in [1.54, 1.807) is 0 Å². The van der Waals surface area contributed by atoms with Crippen molar-refractivity contribution in [2.24, 2.45) is 0 Å². The zero-order valence-electron chi connectivity index (χ0n) is 11.6. The van der Waals surface area contributed by atoms with Crippen molar-refractivity contribution in [2.75, 3.05) is 7.05 Å². The van der Waals surface area contributed by atoms with Crippen molar-refractivity contribution in [2.45, 2.75) is 49.5 Å². The number of benzene rings is 1. The minimum Gasteiger partial charge on any atom is -0.385 e. The predicted molar refractivity (Wildman–Crippen MR) is 69.1 cm³/mol. The Morgan fingerprint density at radius 2 is 1.76 bits per heavy atom. The van der Waals surface area contributed by atoms with Gasteiger partial charge in [0.1, 0.15) is 5.82 Å². The van der Waals surface area contributed by atoms with Crippen LogP contribution in [0.2, 0.25) is 0 Å². The first kappa shape index (κ1) is 14.8. The van der Waals surface area contributed by atoms with Gasteiger partial charge in [-0.25, -0.2) is 4.39 Å². The molecule has 2 fully saturated rings. The van der Waals surface area contributed by atoms with Crippen molar-refractivity contribution < 1.29 is 22.7 Å². The summed E-state index contributed by atoms with van der Waals surface area (Å²) in [6.45, 7) is 0. The second-order valence-corrected chi connectivity index (χ2v) is 6.18. The molecule has 0 aromatic heterocycles. The van der Waals surface area contributed by atoms with E-state index in [4.69, 9.17) is 0 Å². The van der Waals surface area contributed by atoms with Gasteiger partial charge in [-0.3, -0.25) is 0 Å². The third-order valence-electron chi connectivity index (χ3n) is 4.94. The van der Waals surface area contributed by atoms with Gasteiger partial charge in [0, 0.05) is 12.1 Å². The summed E-state index contributed by atoms with van der Waals surface area (Å²) in [6.07, 6.45) is -1.91. The second kappa shape index (κ2) is 4.68. The lowest BCUT2D eigenvalue weighted by molar-refractivity contribution is -0.140. The molecule has 0 spiro atoms. The van der Waals surface area contributed by atoms with E-state index >= 15 is 0 Å². The smallest absolute Gasteiger partial charge is 0.385 e. The van der Waals surface area contributed by atoms with Crippen molar-refractivity contribution in [3.8, 4) is 0 Å². The standard InChI is InChI=1S/C15H17F4NO/c1-20-10-3-4-11(20)8-14(21,7-10)9-2-5-12(13(16)6-9)15(17,18)19/h2,5-6,10-11,21H,3-4,7-8H2,1H3. The van der Waals surface area contributed by atoms with Crippen LogP contribution < -0.4 is 0 Å². The number of alkyl halides is 3. The second-order valence-electron chi connectivity index (χ2n) is 6.18. The van der Waals surface area contributed by atoms with Gasteiger partial charge in [0.2, 0.25) is 0 Å². The van der Waals surface area contributed by atoms with Crippen LogP contribution in [0.15, 0.2) is 18.2 Å². The van der Waals surface area contributed by atoms with Crippen LogP contribution in [0.5, 0.6) is 0 Å². The van der Waals surface area contributed by atoms with Crippen LogP contribution in [0.4, 0.5) is 17.6 Å². The maximum Gasteiger partial charge on any atom is 0.419 e. The average molecular weight is 303 g/mol. The molecule has 1 aromatic rings. The van der Waals surface area contributed by atoms with Gasteiger partial charge in [-0.05, 0) is 50.4 Å². The summed E-state index contributed by atoms with van der Waals surface area (Å²) in [7, 11) is 2.00. The Morgan fingerprint density at radius 3 is 2.24 bits per heavy atom. The van der Waals surface area contributed by atoms with E-state index in [0.717, 1.165) is 25.0 Å². The highest BCUT2D eigenvalue weighted by atomic mass is 19.4. The van der Waals surface area contributed by atoms with Gasteiger partial charge in [-0.2, -0.15) is 13.2 Å². The molecule has 0 amide bonds. The molecule has 2 aliphatic rings. The molecule has 2 bridgehead atoms. The first-order valence-corrected chi connectivity index (χ1v) is 7.02. The van der Waals surface area contributed by atoms with E-state index in [2.05, 4.69) is 4.90 Å². The van der Waals surface area contributed by atoms with E-state index in [-0.39, 0.29) is 17.6 Å². The molecule has 1 N–H and O–H groups in total. The Bertz CT molecular complexity index is 543. The molecule has 2 nitrogen and oxygen atoms in total. The van der Waals surface area contributed by atoms with E-state index in [1.807, 2.05) is 7.05 Å². The summed E-state index contributed by atoms with van der Waals surface area (Å²) in [4.78, 5) is 2.20. The maximum atomic E-state index is 13.7. The largest absolute Gasteiger partial charge is 0.419 e. The van der Waals surface area contributed by atoms with Gasteiger partial charge in [0.25, 0.3) is 0 Å². The summed E-state index contributed by atoms with van der Waals surface area (Å²) in [5.74, 6) is -1.32. The number of piperidine rings is 1. The van der Waals surface area contributed by atoms with E-state index in [0.29, 0.717) is 12.8 Å². The Labute approximate surface area is 120 Å². The molecule has 0 aliphatic carbocycles. The number of fused-ring (bicyclic) bond motifs is 2. The van der Waals surface area contributed by atoms with E-state index in [1.165, 1.54) is 6.07 Å². The van der Waals surface area contributed by atoms with Gasteiger partial charge < -0.3 is 10.0 Å². The number of nitrogens with zero attached hydrogens (tertiary/aromatic N) is 1. The fraction of sp³-hybridized carbons (Fsp3) is 0.600. The van der Waals surface area contributed by atoms with Crippen molar-refractivity contribution in [3.63, 3.8) is 0 Å². The zero-order chi connectivity index (χ0) is 15.4. The summed E-state index contributed by atoms with van der Waals surface area (Å²) in [5.41, 5.74) is -2.27. The van der Waals surface area contributed by atoms with E-state index in [9.17, 15) is 22.7 Å². The van der Waals surface area contributed by atoms with Crippen LogP contribution in [0, 0.1) is 5.82 Å². The molecule has 21 heavy (non-hydrogen) atoms. The molecule has 2 unspecified atom stereocenters. The topological polar surface area (TPSA) is 23.5 Å². The highest BCUT2D eigenvalue weighted by molar-refractivity contribution is 5.31. The fourth-order valence-corrected chi connectivity index (χ4v) is 3.72. The Kier molecular flexibility index (Phi) is 3.29. The van der Waals surface area contributed by atoms with Crippen LogP contribution in [0.25, 0.3) is 0 Å². The number of halogens is 4. The summed E-state index contributed by atoms with van der Waals surface area (Å²) < 4.78 is 51.5. The van der Waals surface area contributed by atoms with Crippen LogP contribution in [-0.2, 0) is 11.8 Å². The van der Waals surface area contributed by atoms with Crippen molar-refractivity contribution in [3.05, 3.63) is 35.1 Å². The van der Waals surface area contributed by atoms with Crippen molar-refractivity contribution in [1.29, 1.82) is 0 Å². The first-order chi connectivity index (χ1) is 9.71. The minimum absolute atomic E-state index is 0.208. The molecule has 2 saturated heterocycles. The number of hydrogen-bond acceptors (Lipinski definition) is 2. The molecule has 2 aliphatic heterocycles. The number of aliphatic hydroxyl groups is 1. The lowest BCUT2D eigenvalue weighted by Crippen LogP contribution is -2.47. The molecule has 0 radical (unpaired) electrons. The quantitative estimate of drug-likeness (QED) is 0.805. The summed E-state index contributed by atoms with van der Waals surface area (Å²) in [5, 5.41) is 10.8. The Morgan fingerprint density at radius 1 is 1.19 bits per heavy atom. The normalized spacial score (nSPS) is 33.4. The molecule has 2 atom stereocenters. The van der Waals surface area contributed by atoms with Crippen LogP contribution in [0.1, 0.15) is 36.8 Å². The van der Waals surface area contributed by atoms with Crippen LogP contribution >= 0.6 is 0 Å². The monoisotopic (exact) mass is 303 g/mol. The molecule has 116 valence electrons. The molecule has 6 heteroatoms. The SMILES string of the molecule is CN1C2CCC1CC(O)(c1ccc(C(F)(F)F)c(F)c1)C2. The number of rotatable bonds is 1. The van der Waals surface area contributed by atoms with Gasteiger partial charge in [-0.1, -0.05) is 6.07 Å². The van der Waals surface area contributed by atoms with Crippen LogP contribution in [0.3, 0.4) is 0 Å². The minimum atomic E-state index is -4.71. The van der Waals surface area contributed by atoms with Gasteiger partial charge >= 0.3 is 6.18 Å². The third-order valence-corrected chi connectivity index (χ3v) is 4.94. The molecule has 2 heterocycles. The van der Waals surface area contributed by atoms with E-state index < -0.39 is 23.2 Å². The summed E-state index contributed by atoms with van der Waals surface area (Å²) >= 11 is 0. The highest BCUT2D eigenvalue weighted by Crippen LogP contribution is 2.45. The fourth-order valence-electron chi connectivity index (χ4n) is 3.72. The lowest BCUT2D eigenvalue weighted by atomic mass is 9.80. The van der Waals surface area contributed by atoms with Crippen molar-refractivity contribution >= 4 is 0 Å². The average Bonchev–Trinajstić information content (AvgIpc) is 2.61. The maximum absolute atomic E-state index is 13.7. The number of hydrogen-bond donors (Lipinski definition) is 1. The van der Waals surface area contributed by atoms with Gasteiger partial charge in [-0.15, -0.1) is 0 Å². The molecule has 1 aromatic carbocycles. The molecular formula is C15H17F4NO. The lowest BCUT2D eigenvalue weighted by Gasteiger charge is -2.42. The third kappa shape index (κ3) is 2.44. The molecular weight excluding hydrogens is 286 g/mol. The molecule has 3 rings (SSSR count). The Hall–Kier alpha value is -1.14. The molecule has 0 saturated carbocycles.